The topological polar surface area (TPSA) is 58.4 Å². The molecule has 1 aliphatic rings. The summed E-state index contributed by atoms with van der Waals surface area (Å²) >= 11 is 0. The maximum atomic E-state index is 11.1. The number of piperidine rings is 1. The van der Waals surface area contributed by atoms with Crippen LogP contribution in [0.3, 0.4) is 0 Å². The molecular weight excluding hydrogens is 202 g/mol. The summed E-state index contributed by atoms with van der Waals surface area (Å²) in [7, 11) is 0. The van der Waals surface area contributed by atoms with Crippen LogP contribution >= 0.6 is 0 Å². The largest absolute Gasteiger partial charge is 0.369 e. The predicted molar refractivity (Wildman–Crippen MR) is 66.1 cm³/mol. The minimum absolute atomic E-state index is 0.0477. The van der Waals surface area contributed by atoms with E-state index in [-0.39, 0.29) is 11.8 Å². The summed E-state index contributed by atoms with van der Waals surface area (Å²) in [5.41, 5.74) is 5.33. The van der Waals surface area contributed by atoms with Crippen molar-refractivity contribution in [2.75, 3.05) is 26.2 Å². The van der Waals surface area contributed by atoms with Crippen LogP contribution in [0.25, 0.3) is 0 Å². The van der Waals surface area contributed by atoms with E-state index in [1.165, 1.54) is 12.8 Å². The zero-order chi connectivity index (χ0) is 12.0. The van der Waals surface area contributed by atoms with E-state index in [4.69, 9.17) is 5.73 Å². The van der Waals surface area contributed by atoms with Gasteiger partial charge >= 0.3 is 0 Å². The molecule has 2 atom stereocenters. The van der Waals surface area contributed by atoms with E-state index in [0.717, 1.165) is 32.6 Å². The summed E-state index contributed by atoms with van der Waals surface area (Å²) in [5, 5.41) is 3.42. The van der Waals surface area contributed by atoms with Gasteiger partial charge in [-0.25, -0.2) is 0 Å². The van der Waals surface area contributed by atoms with E-state index >= 15 is 0 Å². The first kappa shape index (κ1) is 13.5. The molecule has 4 heteroatoms. The Kier molecular flexibility index (Phi) is 5.77. The molecule has 0 aromatic rings. The molecule has 1 fully saturated rings. The number of primary amides is 1. The van der Waals surface area contributed by atoms with Crippen molar-refractivity contribution < 1.29 is 4.79 Å². The van der Waals surface area contributed by atoms with E-state index in [9.17, 15) is 4.79 Å². The van der Waals surface area contributed by atoms with Crippen molar-refractivity contribution in [3.05, 3.63) is 0 Å². The van der Waals surface area contributed by atoms with Crippen LogP contribution in [-0.2, 0) is 4.79 Å². The third-order valence-electron chi connectivity index (χ3n) is 3.29. The van der Waals surface area contributed by atoms with Crippen LogP contribution in [0.2, 0.25) is 0 Å². The van der Waals surface area contributed by atoms with Crippen molar-refractivity contribution in [3.63, 3.8) is 0 Å². The van der Waals surface area contributed by atoms with Gasteiger partial charge < -0.3 is 11.1 Å². The van der Waals surface area contributed by atoms with Gasteiger partial charge in [0, 0.05) is 25.0 Å². The van der Waals surface area contributed by atoms with Gasteiger partial charge in [0.05, 0.1) is 0 Å². The quantitative estimate of drug-likeness (QED) is 0.697. The molecule has 1 heterocycles. The third kappa shape index (κ3) is 4.10. The summed E-state index contributed by atoms with van der Waals surface area (Å²) in [6.45, 7) is 8.13. The zero-order valence-electron chi connectivity index (χ0n) is 10.5. The lowest BCUT2D eigenvalue weighted by Crippen LogP contribution is -2.48. The van der Waals surface area contributed by atoms with E-state index in [1.807, 2.05) is 6.92 Å². The molecular formula is C12H25N3O. The fraction of sp³-hybridized carbons (Fsp3) is 0.917. The first-order chi connectivity index (χ1) is 7.65. The van der Waals surface area contributed by atoms with Gasteiger partial charge in [-0.2, -0.15) is 0 Å². The molecule has 0 bridgehead atoms. The lowest BCUT2D eigenvalue weighted by molar-refractivity contribution is -0.122. The van der Waals surface area contributed by atoms with E-state index in [2.05, 4.69) is 17.1 Å². The molecule has 3 N–H and O–H groups in total. The predicted octanol–water partition coefficient (Wildman–Crippen LogP) is 0.572. The van der Waals surface area contributed by atoms with E-state index in [1.54, 1.807) is 0 Å². The fourth-order valence-corrected chi connectivity index (χ4v) is 2.30. The Hall–Kier alpha value is -0.610. The smallest absolute Gasteiger partial charge is 0.221 e. The van der Waals surface area contributed by atoms with Crippen LogP contribution in [0.4, 0.5) is 0 Å². The second-order valence-electron chi connectivity index (χ2n) is 4.80. The number of carbonyl (C=O) groups is 1. The highest BCUT2D eigenvalue weighted by Crippen LogP contribution is 2.13. The lowest BCUT2D eigenvalue weighted by Gasteiger charge is -2.35. The molecule has 1 amide bonds. The molecule has 0 aromatic carbocycles. The molecule has 94 valence electrons. The summed E-state index contributed by atoms with van der Waals surface area (Å²) < 4.78 is 0. The second kappa shape index (κ2) is 6.86. The average molecular weight is 227 g/mol. The molecule has 1 rings (SSSR count). The minimum Gasteiger partial charge on any atom is -0.369 e. The molecule has 0 saturated carbocycles. The number of hydrogen-bond acceptors (Lipinski definition) is 3. The molecule has 0 aromatic heterocycles. The minimum atomic E-state index is -0.190. The number of nitrogens with zero attached hydrogens (tertiary/aromatic N) is 1. The third-order valence-corrected chi connectivity index (χ3v) is 3.29. The van der Waals surface area contributed by atoms with Gasteiger partial charge in [-0.1, -0.05) is 13.8 Å². The SMILES string of the molecule is CCCN(CC(C)C(N)=O)C1CCCNC1. The number of hydrogen-bond donors (Lipinski definition) is 2. The maximum absolute atomic E-state index is 11.1. The number of rotatable bonds is 6. The van der Waals surface area contributed by atoms with Crippen LogP contribution in [0.1, 0.15) is 33.1 Å². The van der Waals surface area contributed by atoms with Crippen LogP contribution in [0, 0.1) is 5.92 Å². The van der Waals surface area contributed by atoms with Crippen molar-refractivity contribution in [2.45, 2.75) is 39.2 Å². The van der Waals surface area contributed by atoms with Crippen molar-refractivity contribution in [2.24, 2.45) is 11.7 Å². The number of nitrogens with one attached hydrogen (secondary N) is 1. The average Bonchev–Trinajstić information content (AvgIpc) is 2.29. The Balaban J connectivity index is 2.48. The van der Waals surface area contributed by atoms with Crippen LogP contribution in [-0.4, -0.2) is 43.0 Å². The Morgan fingerprint density at radius 3 is 2.88 bits per heavy atom. The maximum Gasteiger partial charge on any atom is 0.221 e. The van der Waals surface area contributed by atoms with Crippen molar-refractivity contribution in [1.29, 1.82) is 0 Å². The first-order valence-corrected chi connectivity index (χ1v) is 6.39. The highest BCUT2D eigenvalue weighted by molar-refractivity contribution is 5.76. The van der Waals surface area contributed by atoms with Crippen molar-refractivity contribution in [1.82, 2.24) is 10.2 Å². The van der Waals surface area contributed by atoms with Gasteiger partial charge in [0.1, 0.15) is 0 Å². The number of carbonyl (C=O) groups excluding carboxylic acids is 1. The molecule has 1 saturated heterocycles. The molecule has 16 heavy (non-hydrogen) atoms. The van der Waals surface area contributed by atoms with Crippen LogP contribution < -0.4 is 11.1 Å². The van der Waals surface area contributed by atoms with Gasteiger partial charge in [-0.15, -0.1) is 0 Å². The Labute approximate surface area is 98.6 Å². The van der Waals surface area contributed by atoms with Crippen molar-refractivity contribution in [3.8, 4) is 0 Å². The normalized spacial score (nSPS) is 23.3. The monoisotopic (exact) mass is 227 g/mol. The summed E-state index contributed by atoms with van der Waals surface area (Å²) in [6.07, 6.45) is 3.59. The highest BCUT2D eigenvalue weighted by Gasteiger charge is 2.23. The lowest BCUT2D eigenvalue weighted by atomic mass is 10.0. The second-order valence-corrected chi connectivity index (χ2v) is 4.80. The summed E-state index contributed by atoms with van der Waals surface area (Å²) in [4.78, 5) is 13.5. The van der Waals surface area contributed by atoms with Gasteiger partial charge in [-0.3, -0.25) is 9.69 Å². The molecule has 2 unspecified atom stereocenters. The molecule has 1 aliphatic heterocycles. The van der Waals surface area contributed by atoms with Crippen LogP contribution in [0.15, 0.2) is 0 Å². The molecule has 0 spiro atoms. The van der Waals surface area contributed by atoms with Crippen molar-refractivity contribution >= 4 is 5.91 Å². The number of amides is 1. The van der Waals surface area contributed by atoms with Gasteiger partial charge in [0.15, 0.2) is 0 Å². The van der Waals surface area contributed by atoms with Gasteiger partial charge in [0.25, 0.3) is 0 Å². The summed E-state index contributed by atoms with van der Waals surface area (Å²) in [5.74, 6) is -0.238. The number of nitrogens with two attached hydrogens (primary N) is 1. The molecule has 4 nitrogen and oxygen atoms in total. The Bertz CT molecular complexity index is 214. The Morgan fingerprint density at radius 2 is 2.38 bits per heavy atom. The van der Waals surface area contributed by atoms with Gasteiger partial charge in [-0.05, 0) is 32.4 Å². The van der Waals surface area contributed by atoms with Crippen LogP contribution in [0.5, 0.6) is 0 Å². The standard InChI is InChI=1S/C12H25N3O/c1-3-7-15(9-10(2)12(13)16)11-5-4-6-14-8-11/h10-11,14H,3-9H2,1-2H3,(H2,13,16). The van der Waals surface area contributed by atoms with Gasteiger partial charge in [0.2, 0.25) is 5.91 Å². The summed E-state index contributed by atoms with van der Waals surface area (Å²) in [6, 6.07) is 0.579. The fourth-order valence-electron chi connectivity index (χ4n) is 2.30. The van der Waals surface area contributed by atoms with E-state index < -0.39 is 0 Å². The van der Waals surface area contributed by atoms with E-state index in [0.29, 0.717) is 6.04 Å². The molecule has 0 aliphatic carbocycles. The molecule has 0 radical (unpaired) electrons. The Morgan fingerprint density at radius 1 is 1.62 bits per heavy atom. The first-order valence-electron chi connectivity index (χ1n) is 6.39. The zero-order valence-corrected chi connectivity index (χ0v) is 10.5. The highest BCUT2D eigenvalue weighted by atomic mass is 16.1.